The second-order valence-corrected chi connectivity index (χ2v) is 9.94. The molecular weight excluding hydrogens is 388 g/mol. The van der Waals surface area contributed by atoms with Crippen molar-refractivity contribution < 1.29 is 13.2 Å². The zero-order chi connectivity index (χ0) is 20.4. The molecule has 0 unspecified atom stereocenters. The Labute approximate surface area is 172 Å². The van der Waals surface area contributed by atoms with Crippen molar-refractivity contribution in [1.29, 1.82) is 0 Å². The molecule has 1 aliphatic heterocycles. The Morgan fingerprint density at radius 2 is 1.86 bits per heavy atom. The smallest absolute Gasteiger partial charge is 0.317 e. The average molecular weight is 419 g/mol. The molecule has 0 radical (unpaired) electrons. The number of hydrogen-bond acceptors (Lipinski definition) is 3. The predicted molar refractivity (Wildman–Crippen MR) is 113 cm³/mol. The molecular formula is C21H30N4O3S. The Kier molecular flexibility index (Phi) is 5.83. The Morgan fingerprint density at radius 3 is 2.62 bits per heavy atom. The first-order chi connectivity index (χ1) is 14.0. The van der Waals surface area contributed by atoms with Crippen molar-refractivity contribution in [2.45, 2.75) is 56.5 Å². The van der Waals surface area contributed by atoms with Crippen molar-refractivity contribution >= 4 is 27.0 Å². The van der Waals surface area contributed by atoms with Crippen LogP contribution in [0.4, 0.5) is 4.79 Å². The van der Waals surface area contributed by atoms with E-state index in [1.54, 1.807) is 17.0 Å². The summed E-state index contributed by atoms with van der Waals surface area (Å²) in [7, 11) is -3.58. The second-order valence-electron chi connectivity index (χ2n) is 8.00. The first kappa shape index (κ1) is 20.2. The molecule has 8 heteroatoms. The molecule has 0 atom stereocenters. The van der Waals surface area contributed by atoms with E-state index in [0.717, 1.165) is 30.3 Å². The molecule has 1 saturated heterocycles. The van der Waals surface area contributed by atoms with E-state index in [0.29, 0.717) is 37.5 Å². The SMILES string of the molecule is CCn1ccc2cc(S(=O)(=O)N3CCCN(C(=O)NC4CCCC4)CC3)ccc21. The summed E-state index contributed by atoms with van der Waals surface area (Å²) >= 11 is 0. The highest BCUT2D eigenvalue weighted by atomic mass is 32.2. The number of aromatic nitrogens is 1. The maximum absolute atomic E-state index is 13.2. The molecule has 1 N–H and O–H groups in total. The van der Waals surface area contributed by atoms with Crippen LogP contribution in [0, 0.1) is 0 Å². The predicted octanol–water partition coefficient (Wildman–Crippen LogP) is 3.01. The molecule has 1 aromatic heterocycles. The zero-order valence-corrected chi connectivity index (χ0v) is 17.8. The minimum absolute atomic E-state index is 0.0570. The molecule has 2 amide bonds. The average Bonchev–Trinajstić information content (AvgIpc) is 3.30. The highest BCUT2D eigenvalue weighted by Crippen LogP contribution is 2.24. The summed E-state index contributed by atoms with van der Waals surface area (Å²) in [4.78, 5) is 14.6. The van der Waals surface area contributed by atoms with Gasteiger partial charge in [-0.3, -0.25) is 0 Å². The van der Waals surface area contributed by atoms with Crippen molar-refractivity contribution in [3.63, 3.8) is 0 Å². The van der Waals surface area contributed by atoms with Crippen LogP contribution in [-0.4, -0.2) is 60.4 Å². The van der Waals surface area contributed by atoms with Gasteiger partial charge in [0.15, 0.2) is 0 Å². The molecule has 2 heterocycles. The Bertz CT molecular complexity index is 979. The van der Waals surface area contributed by atoms with Gasteiger partial charge < -0.3 is 14.8 Å². The third-order valence-corrected chi connectivity index (χ3v) is 8.04. The van der Waals surface area contributed by atoms with Crippen LogP contribution in [0.3, 0.4) is 0 Å². The van der Waals surface area contributed by atoms with Gasteiger partial charge in [0.1, 0.15) is 0 Å². The van der Waals surface area contributed by atoms with Crippen LogP contribution in [0.15, 0.2) is 35.4 Å². The number of fused-ring (bicyclic) bond motifs is 1. The second kappa shape index (κ2) is 8.36. The van der Waals surface area contributed by atoms with E-state index in [1.807, 2.05) is 18.3 Å². The summed E-state index contributed by atoms with van der Waals surface area (Å²) in [5.41, 5.74) is 1.04. The topological polar surface area (TPSA) is 74.7 Å². The van der Waals surface area contributed by atoms with Gasteiger partial charge in [0.25, 0.3) is 0 Å². The molecule has 0 spiro atoms. The quantitative estimate of drug-likeness (QED) is 0.829. The molecule has 2 aliphatic rings. The van der Waals surface area contributed by atoms with Crippen LogP contribution >= 0.6 is 0 Å². The van der Waals surface area contributed by atoms with Crippen LogP contribution in [0.25, 0.3) is 10.9 Å². The van der Waals surface area contributed by atoms with Crippen molar-refractivity contribution in [3.8, 4) is 0 Å². The van der Waals surface area contributed by atoms with E-state index in [2.05, 4.69) is 16.8 Å². The molecule has 1 aromatic carbocycles. The number of urea groups is 1. The number of carbonyl (C=O) groups is 1. The van der Waals surface area contributed by atoms with Gasteiger partial charge in [0, 0.05) is 55.9 Å². The van der Waals surface area contributed by atoms with Crippen LogP contribution in [0.2, 0.25) is 0 Å². The minimum atomic E-state index is -3.58. The lowest BCUT2D eigenvalue weighted by Crippen LogP contribution is -2.45. The number of sulfonamides is 1. The maximum Gasteiger partial charge on any atom is 0.317 e. The summed E-state index contributed by atoms with van der Waals surface area (Å²) < 4.78 is 30.0. The first-order valence-electron chi connectivity index (χ1n) is 10.6. The van der Waals surface area contributed by atoms with Crippen LogP contribution < -0.4 is 5.32 Å². The van der Waals surface area contributed by atoms with Crippen LogP contribution in [0.5, 0.6) is 0 Å². The molecule has 2 aromatic rings. The van der Waals surface area contributed by atoms with E-state index < -0.39 is 10.0 Å². The molecule has 1 saturated carbocycles. The molecule has 1 aliphatic carbocycles. The third-order valence-electron chi connectivity index (χ3n) is 6.15. The number of aryl methyl sites for hydroxylation is 1. The largest absolute Gasteiger partial charge is 0.348 e. The Morgan fingerprint density at radius 1 is 1.07 bits per heavy atom. The van der Waals surface area contributed by atoms with E-state index in [4.69, 9.17) is 0 Å². The standard InChI is InChI=1S/C21H30N4O3S/c1-2-23-13-10-17-16-19(8-9-20(17)23)29(27,28)25-12-5-11-24(14-15-25)21(26)22-18-6-3-4-7-18/h8-10,13,16,18H,2-7,11-12,14-15H2,1H3,(H,22,26). The number of carbonyl (C=O) groups excluding carboxylic acids is 1. The molecule has 29 heavy (non-hydrogen) atoms. The summed E-state index contributed by atoms with van der Waals surface area (Å²) in [6.45, 7) is 4.68. The fourth-order valence-corrected chi connectivity index (χ4v) is 5.94. The number of hydrogen-bond donors (Lipinski definition) is 1. The number of nitrogens with one attached hydrogen (secondary N) is 1. The van der Waals surface area contributed by atoms with Crippen LogP contribution in [-0.2, 0) is 16.6 Å². The fourth-order valence-electron chi connectivity index (χ4n) is 4.44. The molecule has 0 bridgehead atoms. The lowest BCUT2D eigenvalue weighted by Gasteiger charge is -2.24. The van der Waals surface area contributed by atoms with Crippen molar-refractivity contribution in [1.82, 2.24) is 19.1 Å². The summed E-state index contributed by atoms with van der Waals surface area (Å²) in [5.74, 6) is 0. The van der Waals surface area contributed by atoms with Gasteiger partial charge in [-0.1, -0.05) is 12.8 Å². The zero-order valence-electron chi connectivity index (χ0n) is 17.0. The molecule has 7 nitrogen and oxygen atoms in total. The summed E-state index contributed by atoms with van der Waals surface area (Å²) in [6, 6.07) is 7.50. The highest BCUT2D eigenvalue weighted by Gasteiger charge is 2.29. The monoisotopic (exact) mass is 418 g/mol. The highest BCUT2D eigenvalue weighted by molar-refractivity contribution is 7.89. The van der Waals surface area contributed by atoms with E-state index in [1.165, 1.54) is 17.1 Å². The van der Waals surface area contributed by atoms with Gasteiger partial charge in [-0.15, -0.1) is 0 Å². The van der Waals surface area contributed by atoms with Gasteiger partial charge in [-0.25, -0.2) is 13.2 Å². The van der Waals surface area contributed by atoms with Gasteiger partial charge in [0.05, 0.1) is 4.90 Å². The minimum Gasteiger partial charge on any atom is -0.348 e. The third kappa shape index (κ3) is 4.14. The fraction of sp³-hybridized carbons (Fsp3) is 0.571. The summed E-state index contributed by atoms with van der Waals surface area (Å²) in [6.07, 6.45) is 7.05. The van der Waals surface area contributed by atoms with Gasteiger partial charge >= 0.3 is 6.03 Å². The van der Waals surface area contributed by atoms with Gasteiger partial charge in [-0.05, 0) is 50.5 Å². The maximum atomic E-state index is 13.2. The van der Waals surface area contributed by atoms with Crippen LogP contribution in [0.1, 0.15) is 39.0 Å². The van der Waals surface area contributed by atoms with E-state index in [-0.39, 0.29) is 12.1 Å². The lowest BCUT2D eigenvalue weighted by atomic mass is 10.2. The Hall–Kier alpha value is -2.06. The number of benzene rings is 1. The van der Waals surface area contributed by atoms with E-state index in [9.17, 15) is 13.2 Å². The molecule has 2 fully saturated rings. The van der Waals surface area contributed by atoms with Gasteiger partial charge in [0.2, 0.25) is 10.0 Å². The van der Waals surface area contributed by atoms with Crippen molar-refractivity contribution in [2.75, 3.05) is 26.2 Å². The summed E-state index contributed by atoms with van der Waals surface area (Å²) in [5, 5.41) is 4.04. The molecule has 4 rings (SSSR count). The lowest BCUT2D eigenvalue weighted by molar-refractivity contribution is 0.196. The Balaban J connectivity index is 1.45. The van der Waals surface area contributed by atoms with Gasteiger partial charge in [-0.2, -0.15) is 4.31 Å². The number of rotatable bonds is 4. The first-order valence-corrected chi connectivity index (χ1v) is 12.1. The van der Waals surface area contributed by atoms with E-state index >= 15 is 0 Å². The van der Waals surface area contributed by atoms with Crippen molar-refractivity contribution in [3.05, 3.63) is 30.5 Å². The number of amides is 2. The normalized spacial score (nSPS) is 19.6. The van der Waals surface area contributed by atoms with Crippen molar-refractivity contribution in [2.24, 2.45) is 0 Å². The number of nitrogens with zero attached hydrogens (tertiary/aromatic N) is 3. The molecule has 158 valence electrons.